The fourth-order valence-corrected chi connectivity index (χ4v) is 2.15. The lowest BCUT2D eigenvalue weighted by molar-refractivity contribution is 0.0600. The summed E-state index contributed by atoms with van der Waals surface area (Å²) < 4.78 is 4.63. The molecule has 0 unspecified atom stereocenters. The van der Waals surface area contributed by atoms with Gasteiger partial charge in [-0.15, -0.1) is 0 Å². The van der Waals surface area contributed by atoms with Crippen LogP contribution in [0.5, 0.6) is 0 Å². The molecule has 0 aliphatic carbocycles. The van der Waals surface area contributed by atoms with Crippen LogP contribution in [0.2, 0.25) is 0 Å². The average molecular weight is 310 g/mol. The van der Waals surface area contributed by atoms with Gasteiger partial charge in [0.15, 0.2) is 5.65 Å². The zero-order chi connectivity index (χ0) is 16.4. The highest BCUT2D eigenvalue weighted by Gasteiger charge is 2.11. The number of ether oxygens (including phenoxy) is 1. The van der Waals surface area contributed by atoms with E-state index in [0.29, 0.717) is 22.5 Å². The van der Waals surface area contributed by atoms with Crippen LogP contribution in [0.3, 0.4) is 0 Å². The Morgan fingerprint density at radius 3 is 2.61 bits per heavy atom. The van der Waals surface area contributed by atoms with Gasteiger partial charge >= 0.3 is 5.97 Å². The molecule has 3 rings (SSSR count). The lowest BCUT2D eigenvalue weighted by Crippen LogP contribution is -2.12. The summed E-state index contributed by atoms with van der Waals surface area (Å²) in [4.78, 5) is 27.8. The third kappa shape index (κ3) is 2.89. The molecule has 0 aliphatic rings. The molecule has 1 aromatic carbocycles. The van der Waals surface area contributed by atoms with Crippen molar-refractivity contribution < 1.29 is 14.3 Å². The Morgan fingerprint density at radius 2 is 1.91 bits per heavy atom. The molecule has 7 nitrogen and oxygen atoms in total. The van der Waals surface area contributed by atoms with Crippen molar-refractivity contribution in [3.8, 4) is 0 Å². The molecule has 0 bridgehead atoms. The summed E-state index contributed by atoms with van der Waals surface area (Å²) >= 11 is 0. The van der Waals surface area contributed by atoms with Crippen molar-refractivity contribution in [1.82, 2.24) is 15.2 Å². The molecule has 2 heterocycles. The number of H-pyrrole nitrogens is 1. The minimum Gasteiger partial charge on any atom is -0.465 e. The molecular weight excluding hydrogens is 296 g/mol. The Labute approximate surface area is 131 Å². The van der Waals surface area contributed by atoms with Crippen molar-refractivity contribution in [1.29, 1.82) is 0 Å². The zero-order valence-electron chi connectivity index (χ0n) is 12.6. The van der Waals surface area contributed by atoms with Crippen molar-refractivity contribution in [2.75, 3.05) is 12.4 Å². The molecule has 0 saturated heterocycles. The molecule has 2 aromatic heterocycles. The SMILES string of the molecule is COC(=O)c1ccc(NC(=O)c2cnc3n[nH]c(C)c3c2)cc1. The molecule has 0 radical (unpaired) electrons. The molecule has 2 N–H and O–H groups in total. The number of fused-ring (bicyclic) bond motifs is 1. The minimum absolute atomic E-state index is 0.286. The van der Waals surface area contributed by atoms with E-state index in [1.54, 1.807) is 30.3 Å². The first-order chi connectivity index (χ1) is 11.1. The molecule has 0 atom stereocenters. The van der Waals surface area contributed by atoms with Gasteiger partial charge in [0.2, 0.25) is 0 Å². The number of carbonyl (C=O) groups excluding carboxylic acids is 2. The second kappa shape index (κ2) is 5.88. The highest BCUT2D eigenvalue weighted by Crippen LogP contribution is 2.16. The van der Waals surface area contributed by atoms with Crippen molar-refractivity contribution in [3.05, 3.63) is 53.3 Å². The van der Waals surface area contributed by atoms with E-state index >= 15 is 0 Å². The quantitative estimate of drug-likeness (QED) is 0.723. The Morgan fingerprint density at radius 1 is 1.17 bits per heavy atom. The predicted octanol–water partition coefficient (Wildman–Crippen LogP) is 2.31. The van der Waals surface area contributed by atoms with Crippen LogP contribution in [0.4, 0.5) is 5.69 Å². The van der Waals surface area contributed by atoms with E-state index < -0.39 is 5.97 Å². The minimum atomic E-state index is -0.423. The summed E-state index contributed by atoms with van der Waals surface area (Å²) in [6, 6.07) is 8.18. The number of methoxy groups -OCH3 is 1. The van der Waals surface area contributed by atoms with Crippen LogP contribution in [0.1, 0.15) is 26.4 Å². The smallest absolute Gasteiger partial charge is 0.337 e. The van der Waals surface area contributed by atoms with Crippen LogP contribution >= 0.6 is 0 Å². The van der Waals surface area contributed by atoms with Crippen molar-refractivity contribution in [2.24, 2.45) is 0 Å². The first-order valence-corrected chi connectivity index (χ1v) is 6.89. The molecular formula is C16H14N4O3. The van der Waals surface area contributed by atoms with Crippen molar-refractivity contribution in [2.45, 2.75) is 6.92 Å². The van der Waals surface area contributed by atoms with Crippen LogP contribution < -0.4 is 5.32 Å². The summed E-state index contributed by atoms with van der Waals surface area (Å²) in [6.45, 7) is 1.87. The summed E-state index contributed by atoms with van der Waals surface area (Å²) in [5.74, 6) is -0.709. The van der Waals surface area contributed by atoms with Gasteiger partial charge in [0.1, 0.15) is 0 Å². The number of hydrogen-bond donors (Lipinski definition) is 2. The number of hydrogen-bond acceptors (Lipinski definition) is 5. The number of aromatic amines is 1. The van der Waals surface area contributed by atoms with Crippen molar-refractivity contribution >= 4 is 28.6 Å². The van der Waals surface area contributed by atoms with Gasteiger partial charge in [-0.3, -0.25) is 9.89 Å². The Kier molecular flexibility index (Phi) is 3.76. The van der Waals surface area contributed by atoms with Gasteiger partial charge in [-0.1, -0.05) is 0 Å². The average Bonchev–Trinajstić information content (AvgIpc) is 2.95. The molecule has 0 fully saturated rings. The van der Waals surface area contributed by atoms with E-state index in [4.69, 9.17) is 0 Å². The maximum absolute atomic E-state index is 12.3. The normalized spacial score (nSPS) is 10.5. The van der Waals surface area contributed by atoms with E-state index in [1.165, 1.54) is 13.3 Å². The van der Waals surface area contributed by atoms with Gasteiger partial charge in [-0.2, -0.15) is 5.10 Å². The molecule has 0 saturated carbocycles. The molecule has 116 valence electrons. The lowest BCUT2D eigenvalue weighted by atomic mass is 10.2. The molecule has 23 heavy (non-hydrogen) atoms. The number of rotatable bonds is 3. The van der Waals surface area contributed by atoms with Gasteiger partial charge in [0, 0.05) is 23.0 Å². The Bertz CT molecular complexity index is 884. The highest BCUT2D eigenvalue weighted by molar-refractivity contribution is 6.06. The van der Waals surface area contributed by atoms with E-state index in [-0.39, 0.29) is 5.91 Å². The first-order valence-electron chi connectivity index (χ1n) is 6.89. The highest BCUT2D eigenvalue weighted by atomic mass is 16.5. The molecule has 1 amide bonds. The zero-order valence-corrected chi connectivity index (χ0v) is 12.6. The summed E-state index contributed by atoms with van der Waals surface area (Å²) in [5.41, 5.74) is 2.85. The van der Waals surface area contributed by atoms with Crippen LogP contribution in [0, 0.1) is 6.92 Å². The molecule has 3 aromatic rings. The number of nitrogens with one attached hydrogen (secondary N) is 2. The van der Waals surface area contributed by atoms with Gasteiger partial charge in [-0.25, -0.2) is 9.78 Å². The third-order valence-electron chi connectivity index (χ3n) is 3.43. The number of aromatic nitrogens is 3. The number of aryl methyl sites for hydroxylation is 1. The third-order valence-corrected chi connectivity index (χ3v) is 3.43. The summed E-state index contributed by atoms with van der Waals surface area (Å²) in [7, 11) is 1.32. The van der Waals surface area contributed by atoms with E-state index in [0.717, 1.165) is 11.1 Å². The Balaban J connectivity index is 1.79. The second-order valence-electron chi connectivity index (χ2n) is 4.97. The molecule has 0 aliphatic heterocycles. The number of anilines is 1. The fraction of sp³-hybridized carbons (Fsp3) is 0.125. The van der Waals surface area contributed by atoms with Crippen LogP contribution in [-0.4, -0.2) is 34.2 Å². The van der Waals surface area contributed by atoms with Gasteiger partial charge in [0.25, 0.3) is 5.91 Å². The van der Waals surface area contributed by atoms with Gasteiger partial charge in [0.05, 0.1) is 18.2 Å². The van der Waals surface area contributed by atoms with Crippen LogP contribution in [-0.2, 0) is 4.74 Å². The number of amides is 1. The summed E-state index contributed by atoms with van der Waals surface area (Å²) in [6.07, 6.45) is 1.47. The van der Waals surface area contributed by atoms with Crippen molar-refractivity contribution in [3.63, 3.8) is 0 Å². The Hall–Kier alpha value is -3.22. The number of pyridine rings is 1. The van der Waals surface area contributed by atoms with E-state index in [9.17, 15) is 9.59 Å². The van der Waals surface area contributed by atoms with E-state index in [1.807, 2.05) is 6.92 Å². The van der Waals surface area contributed by atoms with E-state index in [2.05, 4.69) is 25.2 Å². The first kappa shape index (κ1) is 14.7. The largest absolute Gasteiger partial charge is 0.465 e. The maximum Gasteiger partial charge on any atom is 0.337 e. The predicted molar refractivity (Wildman–Crippen MR) is 84.4 cm³/mol. The maximum atomic E-state index is 12.3. The topological polar surface area (TPSA) is 97.0 Å². The standard InChI is InChI=1S/C16H14N4O3/c1-9-13-7-11(8-17-14(13)20-19-9)15(21)18-12-5-3-10(4-6-12)16(22)23-2/h3-8H,1-2H3,(H,18,21)(H,17,19,20). The van der Waals surface area contributed by atoms with Crippen LogP contribution in [0.15, 0.2) is 36.5 Å². The van der Waals surface area contributed by atoms with Crippen LogP contribution in [0.25, 0.3) is 11.0 Å². The van der Waals surface area contributed by atoms with Gasteiger partial charge in [-0.05, 0) is 37.3 Å². The summed E-state index contributed by atoms with van der Waals surface area (Å²) in [5, 5.41) is 10.4. The monoisotopic (exact) mass is 310 g/mol. The molecule has 0 spiro atoms. The fourth-order valence-electron chi connectivity index (χ4n) is 2.15. The lowest BCUT2D eigenvalue weighted by Gasteiger charge is -2.06. The van der Waals surface area contributed by atoms with Gasteiger partial charge < -0.3 is 10.1 Å². The number of nitrogens with zero attached hydrogens (tertiary/aromatic N) is 2. The number of benzene rings is 1. The second-order valence-corrected chi connectivity index (χ2v) is 4.97. The molecule has 7 heteroatoms. The number of carbonyl (C=O) groups is 2. The number of esters is 1.